The summed E-state index contributed by atoms with van der Waals surface area (Å²) in [4.78, 5) is 12.3. The van der Waals surface area contributed by atoms with E-state index in [1.54, 1.807) is 6.92 Å². The van der Waals surface area contributed by atoms with E-state index in [2.05, 4.69) is 17.3 Å². The van der Waals surface area contributed by atoms with E-state index >= 15 is 0 Å². The number of amides is 1. The second-order valence-electron chi connectivity index (χ2n) is 6.17. The quantitative estimate of drug-likeness (QED) is 0.928. The van der Waals surface area contributed by atoms with Crippen molar-refractivity contribution in [2.24, 2.45) is 5.92 Å². The summed E-state index contributed by atoms with van der Waals surface area (Å²) in [6, 6.07) is 0.305. The van der Waals surface area contributed by atoms with Gasteiger partial charge in [-0.2, -0.15) is 18.3 Å². The second kappa shape index (κ2) is 6.30. The second-order valence-corrected chi connectivity index (χ2v) is 6.17. The van der Waals surface area contributed by atoms with Crippen LogP contribution in [0.3, 0.4) is 0 Å². The van der Waals surface area contributed by atoms with E-state index < -0.39 is 17.9 Å². The first kappa shape index (κ1) is 16.8. The van der Waals surface area contributed by atoms with Gasteiger partial charge in [0.2, 0.25) is 5.91 Å². The van der Waals surface area contributed by atoms with Crippen molar-refractivity contribution in [2.45, 2.75) is 64.7 Å². The van der Waals surface area contributed by atoms with Gasteiger partial charge in [0.1, 0.15) is 6.04 Å². The number of carbonyl (C=O) groups is 1. The molecule has 0 spiro atoms. The van der Waals surface area contributed by atoms with Crippen molar-refractivity contribution in [3.05, 3.63) is 17.5 Å². The van der Waals surface area contributed by atoms with E-state index in [0.29, 0.717) is 11.6 Å². The molecule has 3 atom stereocenters. The molecule has 0 aliphatic heterocycles. The van der Waals surface area contributed by atoms with Crippen LogP contribution in [-0.4, -0.2) is 21.7 Å². The molecule has 1 saturated carbocycles. The molecule has 1 aromatic rings. The van der Waals surface area contributed by atoms with Gasteiger partial charge >= 0.3 is 6.18 Å². The molecule has 1 amide bonds. The summed E-state index contributed by atoms with van der Waals surface area (Å²) >= 11 is 0. The highest BCUT2D eigenvalue weighted by Crippen LogP contribution is 2.29. The topological polar surface area (TPSA) is 46.9 Å². The van der Waals surface area contributed by atoms with Crippen molar-refractivity contribution in [1.82, 2.24) is 15.1 Å². The van der Waals surface area contributed by atoms with Crippen LogP contribution in [0.5, 0.6) is 0 Å². The molecule has 0 radical (unpaired) electrons. The number of hydrogen-bond acceptors (Lipinski definition) is 2. The molecule has 1 aromatic heterocycles. The molecular formula is C15H22F3N3O. The highest BCUT2D eigenvalue weighted by molar-refractivity contribution is 5.80. The van der Waals surface area contributed by atoms with Crippen LogP contribution in [0, 0.1) is 12.8 Å². The molecule has 124 valence electrons. The molecule has 7 heteroatoms. The van der Waals surface area contributed by atoms with Gasteiger partial charge in [0, 0.05) is 11.7 Å². The average Bonchev–Trinajstić information content (AvgIpc) is 2.82. The van der Waals surface area contributed by atoms with E-state index in [1.807, 2.05) is 0 Å². The number of alkyl halides is 3. The lowest BCUT2D eigenvalue weighted by Gasteiger charge is -2.30. The Bertz CT molecular complexity index is 539. The molecule has 0 bridgehead atoms. The average molecular weight is 317 g/mol. The first-order chi connectivity index (χ1) is 10.2. The smallest absolute Gasteiger partial charge is 0.351 e. The number of carbonyl (C=O) groups excluding carboxylic acids is 1. The van der Waals surface area contributed by atoms with E-state index in [1.165, 1.54) is 6.92 Å². The zero-order chi connectivity index (χ0) is 16.5. The van der Waals surface area contributed by atoms with Crippen LogP contribution in [0.1, 0.15) is 57.0 Å². The maximum Gasteiger partial charge on any atom is 0.435 e. The van der Waals surface area contributed by atoms with Crippen LogP contribution in [0.4, 0.5) is 13.2 Å². The Hall–Kier alpha value is -1.53. The summed E-state index contributed by atoms with van der Waals surface area (Å²) in [6.45, 7) is 5.19. The molecule has 4 nitrogen and oxygen atoms in total. The molecule has 1 fully saturated rings. The Kier molecular flexibility index (Phi) is 4.82. The van der Waals surface area contributed by atoms with Crippen LogP contribution in [0.2, 0.25) is 0 Å². The van der Waals surface area contributed by atoms with E-state index in [-0.39, 0.29) is 11.9 Å². The van der Waals surface area contributed by atoms with Crippen LogP contribution >= 0.6 is 0 Å². The molecule has 2 rings (SSSR count). The monoisotopic (exact) mass is 317 g/mol. The summed E-state index contributed by atoms with van der Waals surface area (Å²) in [5.41, 5.74) is -0.637. The Morgan fingerprint density at radius 1 is 1.41 bits per heavy atom. The number of aryl methyl sites for hydroxylation is 1. The predicted octanol–water partition coefficient (Wildman–Crippen LogP) is 3.47. The third-order valence-electron chi connectivity index (χ3n) is 4.40. The van der Waals surface area contributed by atoms with Crippen LogP contribution in [0.15, 0.2) is 6.07 Å². The van der Waals surface area contributed by atoms with Crippen LogP contribution < -0.4 is 5.32 Å². The summed E-state index contributed by atoms with van der Waals surface area (Å²) in [7, 11) is 0. The van der Waals surface area contributed by atoms with Crippen LogP contribution in [0.25, 0.3) is 0 Å². The maximum absolute atomic E-state index is 12.7. The molecule has 1 aliphatic rings. The molecule has 3 unspecified atom stereocenters. The highest BCUT2D eigenvalue weighted by Gasteiger charge is 2.35. The van der Waals surface area contributed by atoms with Gasteiger partial charge in [-0.1, -0.05) is 19.8 Å². The molecule has 22 heavy (non-hydrogen) atoms. The van der Waals surface area contributed by atoms with E-state index in [9.17, 15) is 18.0 Å². The standard InChI is InChI=1S/C15H22F3N3O/c1-9-6-4-5-7-12(9)19-14(22)11(3)21-10(2)8-13(20-21)15(16,17)18/h8-9,11-12H,4-7H2,1-3H3,(H,19,22). The lowest BCUT2D eigenvalue weighted by molar-refractivity contribution is -0.142. The molecular weight excluding hydrogens is 295 g/mol. The number of hydrogen-bond donors (Lipinski definition) is 1. The normalized spacial score (nSPS) is 24.1. The van der Waals surface area contributed by atoms with Gasteiger partial charge in [0.05, 0.1) is 0 Å². The Morgan fingerprint density at radius 3 is 2.59 bits per heavy atom. The predicted molar refractivity (Wildman–Crippen MR) is 76.2 cm³/mol. The van der Waals surface area contributed by atoms with Gasteiger partial charge < -0.3 is 5.32 Å². The highest BCUT2D eigenvalue weighted by atomic mass is 19.4. The van der Waals surface area contributed by atoms with Crippen molar-refractivity contribution in [3.63, 3.8) is 0 Å². The SMILES string of the molecule is Cc1cc(C(F)(F)F)nn1C(C)C(=O)NC1CCCCC1C. The zero-order valence-corrected chi connectivity index (χ0v) is 13.1. The Labute approximate surface area is 128 Å². The van der Waals surface area contributed by atoms with Gasteiger partial charge in [-0.25, -0.2) is 0 Å². The molecule has 1 heterocycles. The van der Waals surface area contributed by atoms with Crippen molar-refractivity contribution in [2.75, 3.05) is 0 Å². The lowest BCUT2D eigenvalue weighted by Crippen LogP contribution is -2.44. The molecule has 1 N–H and O–H groups in total. The number of halogens is 3. The van der Waals surface area contributed by atoms with Gasteiger partial charge in [0.25, 0.3) is 0 Å². The minimum atomic E-state index is -4.50. The fraction of sp³-hybridized carbons (Fsp3) is 0.733. The fourth-order valence-corrected chi connectivity index (χ4v) is 2.96. The maximum atomic E-state index is 12.7. The number of nitrogens with zero attached hydrogens (tertiary/aromatic N) is 2. The van der Waals surface area contributed by atoms with Gasteiger partial charge in [0.15, 0.2) is 5.69 Å². The Morgan fingerprint density at radius 2 is 2.05 bits per heavy atom. The van der Waals surface area contributed by atoms with Crippen molar-refractivity contribution >= 4 is 5.91 Å². The van der Waals surface area contributed by atoms with Crippen molar-refractivity contribution in [1.29, 1.82) is 0 Å². The number of nitrogens with one attached hydrogen (secondary N) is 1. The largest absolute Gasteiger partial charge is 0.435 e. The first-order valence-electron chi connectivity index (χ1n) is 7.64. The Balaban J connectivity index is 2.09. The van der Waals surface area contributed by atoms with Crippen molar-refractivity contribution in [3.8, 4) is 0 Å². The summed E-state index contributed by atoms with van der Waals surface area (Å²) in [5.74, 6) is 0.119. The van der Waals surface area contributed by atoms with E-state index in [0.717, 1.165) is 36.4 Å². The third kappa shape index (κ3) is 3.62. The zero-order valence-electron chi connectivity index (χ0n) is 13.1. The minimum Gasteiger partial charge on any atom is -0.351 e. The number of aromatic nitrogens is 2. The fourth-order valence-electron chi connectivity index (χ4n) is 2.96. The summed E-state index contributed by atoms with van der Waals surface area (Å²) in [6.07, 6.45) is -0.271. The van der Waals surface area contributed by atoms with Crippen molar-refractivity contribution < 1.29 is 18.0 Å². The van der Waals surface area contributed by atoms with Gasteiger partial charge in [-0.3, -0.25) is 9.48 Å². The molecule has 1 aliphatic carbocycles. The first-order valence-corrected chi connectivity index (χ1v) is 7.64. The molecule has 0 saturated heterocycles. The number of rotatable bonds is 3. The van der Waals surface area contributed by atoms with Gasteiger partial charge in [-0.05, 0) is 38.7 Å². The van der Waals surface area contributed by atoms with Crippen LogP contribution in [-0.2, 0) is 11.0 Å². The molecule has 0 aromatic carbocycles. The third-order valence-corrected chi connectivity index (χ3v) is 4.40. The lowest BCUT2D eigenvalue weighted by atomic mass is 9.86. The summed E-state index contributed by atoms with van der Waals surface area (Å²) in [5, 5.41) is 6.51. The minimum absolute atomic E-state index is 0.0988. The summed E-state index contributed by atoms with van der Waals surface area (Å²) < 4.78 is 39.2. The van der Waals surface area contributed by atoms with E-state index in [4.69, 9.17) is 0 Å². The van der Waals surface area contributed by atoms with Gasteiger partial charge in [-0.15, -0.1) is 0 Å².